The van der Waals surface area contributed by atoms with Gasteiger partial charge in [0.05, 0.1) is 32.3 Å². The van der Waals surface area contributed by atoms with Gasteiger partial charge in [-0.2, -0.15) is 0 Å². The van der Waals surface area contributed by atoms with Crippen LogP contribution in [0.3, 0.4) is 0 Å². The van der Waals surface area contributed by atoms with Crippen LogP contribution in [0.25, 0.3) is 54.8 Å². The summed E-state index contributed by atoms with van der Waals surface area (Å²) in [6.45, 7) is 0. The van der Waals surface area contributed by atoms with Crippen LogP contribution in [0.4, 0.5) is 0 Å². The minimum absolute atomic E-state index is 0.0585. The molecule has 152 valence electrons. The molecular weight excluding hydrogens is 428 g/mol. The quantitative estimate of drug-likeness (QED) is 0.273. The molecule has 0 spiro atoms. The number of hydrogen-bond acceptors (Lipinski definition) is 5. The molecule has 0 radical (unpaired) electrons. The Labute approximate surface area is 191 Å². The maximum Gasteiger partial charge on any atom is 0.206 e. The van der Waals surface area contributed by atoms with Crippen LogP contribution in [0.1, 0.15) is 30.5 Å². The number of benzene rings is 3. The molecule has 0 bridgehead atoms. The molecule has 0 saturated carbocycles. The molecule has 0 atom stereocenters. The van der Waals surface area contributed by atoms with Crippen molar-refractivity contribution in [3.63, 3.8) is 0 Å². The normalized spacial score (nSPS) is 13.6. The second kappa shape index (κ2) is 5.77. The number of aromatic nitrogens is 2. The third-order valence-corrected chi connectivity index (χ3v) is 8.03. The number of thiophene rings is 1. The number of pyridine rings is 2. The molecule has 6 aromatic rings. The zero-order valence-electron chi connectivity index (χ0n) is 17.0. The fourth-order valence-corrected chi connectivity index (χ4v) is 6.64. The van der Waals surface area contributed by atoms with Crippen LogP contribution in [0.15, 0.2) is 73.1 Å². The second-order valence-corrected chi connectivity index (χ2v) is 9.49. The van der Waals surface area contributed by atoms with Crippen molar-refractivity contribution in [1.82, 2.24) is 9.97 Å². The fourth-order valence-electron chi connectivity index (χ4n) is 5.42. The first kappa shape index (κ1) is 17.3. The average Bonchev–Trinajstić information content (AvgIpc) is 3.27. The van der Waals surface area contributed by atoms with Gasteiger partial charge in [0.15, 0.2) is 0 Å². The molecule has 3 aromatic carbocycles. The molecule has 8 rings (SSSR count). The van der Waals surface area contributed by atoms with Crippen molar-refractivity contribution in [2.24, 2.45) is 0 Å². The molecule has 0 fully saturated rings. The molecule has 2 aliphatic carbocycles. The lowest BCUT2D eigenvalue weighted by Gasteiger charge is -2.20. The number of ketones is 2. The Morgan fingerprint density at radius 2 is 1.03 bits per heavy atom. The third kappa shape index (κ3) is 1.97. The van der Waals surface area contributed by atoms with E-state index >= 15 is 0 Å². The Kier molecular flexibility index (Phi) is 3.03. The molecule has 0 saturated heterocycles. The summed E-state index contributed by atoms with van der Waals surface area (Å²) < 4.78 is 0. The Hall–Kier alpha value is -4.22. The lowest BCUT2D eigenvalue weighted by molar-refractivity contribution is 0.103. The highest BCUT2D eigenvalue weighted by atomic mass is 32.1. The number of carbonyl (C=O) groups is 2. The van der Waals surface area contributed by atoms with Gasteiger partial charge in [0.2, 0.25) is 11.6 Å². The summed E-state index contributed by atoms with van der Waals surface area (Å²) in [4.78, 5) is 38.2. The Balaban J connectivity index is 1.52. The Morgan fingerprint density at radius 3 is 1.52 bits per heavy atom. The second-order valence-electron chi connectivity index (χ2n) is 8.47. The molecule has 5 heteroatoms. The number of hydrogen-bond donors (Lipinski definition) is 0. The molecule has 33 heavy (non-hydrogen) atoms. The van der Waals surface area contributed by atoms with Crippen molar-refractivity contribution in [1.29, 1.82) is 0 Å². The topological polar surface area (TPSA) is 59.9 Å². The SMILES string of the molecule is O=C1c2c(ncc3ccccc23)-c2ccc3c4c(sc1c24)C(=O)c1c-3ncc2ccccc12. The summed E-state index contributed by atoms with van der Waals surface area (Å²) in [6.07, 6.45) is 3.64. The van der Waals surface area contributed by atoms with E-state index in [-0.39, 0.29) is 11.6 Å². The first-order valence-electron chi connectivity index (χ1n) is 10.7. The van der Waals surface area contributed by atoms with Crippen LogP contribution < -0.4 is 0 Å². The lowest BCUT2D eigenvalue weighted by Crippen LogP contribution is -2.11. The highest BCUT2D eigenvalue weighted by Gasteiger charge is 2.37. The van der Waals surface area contributed by atoms with E-state index in [2.05, 4.69) is 0 Å². The molecule has 0 N–H and O–H groups in total. The maximum atomic E-state index is 13.8. The van der Waals surface area contributed by atoms with Gasteiger partial charge in [-0.25, -0.2) is 0 Å². The number of rotatable bonds is 0. The van der Waals surface area contributed by atoms with Gasteiger partial charge >= 0.3 is 0 Å². The molecular formula is C28H12N2O2S. The first-order chi connectivity index (χ1) is 16.2. The summed E-state index contributed by atoms with van der Waals surface area (Å²) in [5.41, 5.74) is 4.43. The van der Waals surface area contributed by atoms with Gasteiger partial charge in [-0.3, -0.25) is 19.6 Å². The predicted molar refractivity (Wildman–Crippen MR) is 130 cm³/mol. The predicted octanol–water partition coefficient (Wildman–Crippen LogP) is 6.42. The van der Waals surface area contributed by atoms with Crippen molar-refractivity contribution < 1.29 is 9.59 Å². The largest absolute Gasteiger partial charge is 0.288 e. The maximum absolute atomic E-state index is 13.8. The van der Waals surface area contributed by atoms with Gasteiger partial charge in [-0.15, -0.1) is 11.3 Å². The summed E-state index contributed by atoms with van der Waals surface area (Å²) in [5.74, 6) is -0.117. The van der Waals surface area contributed by atoms with E-state index in [1.807, 2.05) is 73.1 Å². The minimum atomic E-state index is -0.0585. The molecule has 0 unspecified atom stereocenters. The molecule has 0 amide bonds. The summed E-state index contributed by atoms with van der Waals surface area (Å²) in [6, 6.07) is 19.7. The monoisotopic (exact) mass is 440 g/mol. The first-order valence-corrected chi connectivity index (χ1v) is 11.5. The lowest BCUT2D eigenvalue weighted by atomic mass is 9.82. The fraction of sp³-hybridized carbons (Fsp3) is 0. The smallest absolute Gasteiger partial charge is 0.206 e. The van der Waals surface area contributed by atoms with Gasteiger partial charge in [-0.05, 0) is 10.8 Å². The van der Waals surface area contributed by atoms with Crippen molar-refractivity contribution in [3.05, 3.63) is 93.9 Å². The van der Waals surface area contributed by atoms with E-state index in [1.165, 1.54) is 11.3 Å². The Morgan fingerprint density at radius 1 is 0.576 bits per heavy atom. The third-order valence-electron chi connectivity index (χ3n) is 6.84. The summed E-state index contributed by atoms with van der Waals surface area (Å²) in [5, 5.41) is 5.32. The van der Waals surface area contributed by atoms with E-state index in [0.717, 1.165) is 43.4 Å². The van der Waals surface area contributed by atoms with Crippen LogP contribution in [0.5, 0.6) is 0 Å². The van der Waals surface area contributed by atoms with Crippen molar-refractivity contribution >= 4 is 55.2 Å². The summed E-state index contributed by atoms with van der Waals surface area (Å²) in [7, 11) is 0. The van der Waals surface area contributed by atoms with Gasteiger partial charge in [0.25, 0.3) is 0 Å². The van der Waals surface area contributed by atoms with E-state index in [4.69, 9.17) is 9.97 Å². The van der Waals surface area contributed by atoms with Crippen LogP contribution in [-0.4, -0.2) is 21.5 Å². The van der Waals surface area contributed by atoms with Crippen molar-refractivity contribution in [3.8, 4) is 22.5 Å². The van der Waals surface area contributed by atoms with Gasteiger partial charge in [-0.1, -0.05) is 60.7 Å². The molecule has 4 nitrogen and oxygen atoms in total. The van der Waals surface area contributed by atoms with Crippen molar-refractivity contribution in [2.75, 3.05) is 0 Å². The Bertz CT molecular complexity index is 1780. The standard InChI is InChI=1S/C28H12N2O2S/c31-25-21-15-7-3-1-5-13(15)11-29-23(21)17-9-10-18-20-19(17)27(25)33-28(20)26(32)22-16-8-4-2-6-14(16)12-30-24(18)22/h1-12H. The van der Waals surface area contributed by atoms with E-state index in [0.29, 0.717) is 32.3 Å². The van der Waals surface area contributed by atoms with E-state index in [1.54, 1.807) is 0 Å². The highest BCUT2D eigenvalue weighted by Crippen LogP contribution is 2.51. The van der Waals surface area contributed by atoms with E-state index in [9.17, 15) is 9.59 Å². The zero-order valence-corrected chi connectivity index (χ0v) is 17.9. The van der Waals surface area contributed by atoms with Gasteiger partial charge in [0, 0.05) is 45.1 Å². The average molecular weight is 440 g/mol. The van der Waals surface area contributed by atoms with Crippen LogP contribution in [-0.2, 0) is 0 Å². The number of fused-ring (bicyclic) bond motifs is 8. The summed E-state index contributed by atoms with van der Waals surface area (Å²) >= 11 is 1.31. The molecule has 3 aromatic heterocycles. The van der Waals surface area contributed by atoms with E-state index < -0.39 is 0 Å². The molecule has 2 aliphatic rings. The van der Waals surface area contributed by atoms with Gasteiger partial charge < -0.3 is 0 Å². The van der Waals surface area contributed by atoms with Crippen LogP contribution >= 0.6 is 11.3 Å². The molecule has 0 aliphatic heterocycles. The number of nitrogens with zero attached hydrogens (tertiary/aromatic N) is 2. The number of carbonyl (C=O) groups excluding carboxylic acids is 2. The molecule has 3 heterocycles. The highest BCUT2D eigenvalue weighted by molar-refractivity contribution is 7.18. The van der Waals surface area contributed by atoms with Crippen molar-refractivity contribution in [2.45, 2.75) is 0 Å². The van der Waals surface area contributed by atoms with Crippen LogP contribution in [0, 0.1) is 0 Å². The van der Waals surface area contributed by atoms with Crippen LogP contribution in [0.2, 0.25) is 0 Å². The minimum Gasteiger partial charge on any atom is -0.288 e. The zero-order chi connectivity index (χ0) is 21.8. The van der Waals surface area contributed by atoms with Gasteiger partial charge in [0.1, 0.15) is 0 Å².